The average Bonchev–Trinajstić information content (AvgIpc) is 2.80. The molecule has 1 aliphatic rings. The third kappa shape index (κ3) is 6.73. The van der Waals surface area contributed by atoms with Gasteiger partial charge in [-0.2, -0.15) is 79.0 Å². The molecule has 1 fully saturated rings. The van der Waals surface area contributed by atoms with Crippen LogP contribution in [0.15, 0.2) is 24.3 Å². The van der Waals surface area contributed by atoms with Crippen molar-refractivity contribution in [2.75, 3.05) is 33.5 Å². The Morgan fingerprint density at radius 2 is 0.909 bits per heavy atom. The largest absolute Gasteiger partial charge is 0.497 e. The summed E-state index contributed by atoms with van der Waals surface area (Å²) in [4.78, 5) is 0. The highest BCUT2D eigenvalue weighted by atomic mass is 19.4. The van der Waals surface area contributed by atoms with Gasteiger partial charge in [0.25, 0.3) is 11.2 Å². The summed E-state index contributed by atoms with van der Waals surface area (Å²) < 4.78 is 270. The predicted octanol–water partition coefficient (Wildman–Crippen LogP) is 7.61. The molecular formula is C21H16F18O5. The van der Waals surface area contributed by atoms with Crippen molar-refractivity contribution in [1.29, 1.82) is 0 Å². The SMILES string of the molecule is COc1ccc(C2OCC(C(OCC(F)(F)F)(C(F)(F)F)C(F)(F)F)(C(OCC(F)(F)F)(C(F)(F)F)C(F)(F)F)CO2)cc1. The van der Waals surface area contributed by atoms with Crippen molar-refractivity contribution >= 4 is 0 Å². The minimum Gasteiger partial charge on any atom is -0.497 e. The lowest BCUT2D eigenvalue weighted by atomic mass is 9.59. The zero-order chi connectivity index (χ0) is 34.4. The molecule has 0 bridgehead atoms. The van der Waals surface area contributed by atoms with Crippen molar-refractivity contribution in [3.63, 3.8) is 0 Å². The second-order valence-electron chi connectivity index (χ2n) is 8.97. The van der Waals surface area contributed by atoms with E-state index < -0.39 is 92.0 Å². The van der Waals surface area contributed by atoms with Gasteiger partial charge in [-0.1, -0.05) is 12.1 Å². The second kappa shape index (κ2) is 11.8. The summed E-state index contributed by atoms with van der Waals surface area (Å²) in [5.41, 5.74) is -21.3. The van der Waals surface area contributed by atoms with Gasteiger partial charge in [0.1, 0.15) is 24.4 Å². The lowest BCUT2D eigenvalue weighted by Crippen LogP contribution is -2.84. The minimum atomic E-state index is -7.74. The molecule has 23 heteroatoms. The first-order valence-electron chi connectivity index (χ1n) is 11.1. The molecule has 0 atom stereocenters. The van der Waals surface area contributed by atoms with Gasteiger partial charge in [0.15, 0.2) is 6.29 Å². The van der Waals surface area contributed by atoms with Crippen molar-refractivity contribution in [2.24, 2.45) is 5.41 Å². The van der Waals surface area contributed by atoms with Gasteiger partial charge < -0.3 is 23.7 Å². The second-order valence-corrected chi connectivity index (χ2v) is 8.97. The van der Waals surface area contributed by atoms with Crippen LogP contribution >= 0.6 is 0 Å². The van der Waals surface area contributed by atoms with Crippen molar-refractivity contribution < 1.29 is 103 Å². The van der Waals surface area contributed by atoms with Crippen LogP contribution in [0, 0.1) is 5.41 Å². The fourth-order valence-electron chi connectivity index (χ4n) is 4.52. The third-order valence-electron chi connectivity index (χ3n) is 6.20. The Balaban J connectivity index is 3.09. The average molecular weight is 690 g/mol. The number of alkyl halides is 18. The maximum Gasteiger partial charge on any atom is 0.427 e. The Labute approximate surface area is 232 Å². The number of rotatable bonds is 8. The van der Waals surface area contributed by atoms with Gasteiger partial charge in [-0.15, -0.1) is 0 Å². The lowest BCUT2D eigenvalue weighted by molar-refractivity contribution is -0.514. The third-order valence-corrected chi connectivity index (χ3v) is 6.20. The highest BCUT2D eigenvalue weighted by Gasteiger charge is 2.95. The molecule has 1 aromatic rings. The summed E-state index contributed by atoms with van der Waals surface area (Å²) in [5, 5.41) is 0. The standard InChI is InChI=1S/C21H16F18O5/c1-40-11-4-2-10(3-5-11)12-41-6-13(7-42-12,16(18(28,29)30,19(31,32)33)43-8-14(22,23)24)17(20(34,35)36,21(37,38)39)44-9-15(25,26)27/h2-5,12H,6-9H2,1H3. The Morgan fingerprint density at radius 3 is 1.16 bits per heavy atom. The van der Waals surface area contributed by atoms with E-state index in [1.54, 1.807) is 0 Å². The molecule has 2 rings (SSSR count). The molecule has 0 aliphatic carbocycles. The monoisotopic (exact) mass is 690 g/mol. The molecule has 5 nitrogen and oxygen atoms in total. The number of benzene rings is 1. The molecule has 256 valence electrons. The topological polar surface area (TPSA) is 46.2 Å². The van der Waals surface area contributed by atoms with Crippen LogP contribution in [0.5, 0.6) is 5.75 Å². The van der Waals surface area contributed by atoms with Gasteiger partial charge in [-0.25, -0.2) is 0 Å². The fraction of sp³-hybridized carbons (Fsp3) is 0.714. The van der Waals surface area contributed by atoms with Crippen LogP contribution in [0.4, 0.5) is 79.0 Å². The van der Waals surface area contributed by atoms with Crippen molar-refractivity contribution in [3.05, 3.63) is 29.8 Å². The van der Waals surface area contributed by atoms with E-state index in [-0.39, 0.29) is 5.75 Å². The molecule has 0 spiro atoms. The molecule has 0 unspecified atom stereocenters. The molecule has 0 saturated carbocycles. The van der Waals surface area contributed by atoms with Crippen LogP contribution in [0.3, 0.4) is 0 Å². The van der Waals surface area contributed by atoms with Gasteiger partial charge in [0.05, 0.1) is 20.3 Å². The molecule has 0 N–H and O–H groups in total. The van der Waals surface area contributed by atoms with E-state index in [1.807, 2.05) is 0 Å². The Kier molecular flexibility index (Phi) is 10.1. The van der Waals surface area contributed by atoms with Crippen LogP contribution in [-0.4, -0.2) is 81.8 Å². The Bertz CT molecular complexity index is 1010. The fourth-order valence-corrected chi connectivity index (χ4v) is 4.52. The van der Waals surface area contributed by atoms with Gasteiger partial charge in [0, 0.05) is 5.56 Å². The summed E-state index contributed by atoms with van der Waals surface area (Å²) in [5.74, 6) is 0.00123. The van der Waals surface area contributed by atoms with Crippen LogP contribution in [0.25, 0.3) is 0 Å². The molecule has 1 aliphatic heterocycles. The minimum absolute atomic E-state index is 0.00123. The summed E-state index contributed by atoms with van der Waals surface area (Å²) in [7, 11) is 1.10. The normalized spacial score (nSPS) is 18.4. The first-order chi connectivity index (χ1) is 19.5. The van der Waals surface area contributed by atoms with Crippen LogP contribution < -0.4 is 4.74 Å². The van der Waals surface area contributed by atoms with E-state index in [2.05, 4.69) is 18.9 Å². The van der Waals surface area contributed by atoms with Crippen LogP contribution in [0.1, 0.15) is 11.9 Å². The van der Waals surface area contributed by atoms with Crippen LogP contribution in [-0.2, 0) is 18.9 Å². The van der Waals surface area contributed by atoms with E-state index in [4.69, 9.17) is 4.74 Å². The quantitative estimate of drug-likeness (QED) is 0.263. The first kappa shape index (κ1) is 37.8. The zero-order valence-corrected chi connectivity index (χ0v) is 21.1. The maximum atomic E-state index is 14.4. The number of methoxy groups -OCH3 is 1. The van der Waals surface area contributed by atoms with Crippen molar-refractivity contribution in [1.82, 2.24) is 0 Å². The number of hydrogen-bond acceptors (Lipinski definition) is 5. The van der Waals surface area contributed by atoms with Gasteiger partial charge >= 0.3 is 37.1 Å². The summed E-state index contributed by atoms with van der Waals surface area (Å²) >= 11 is 0. The van der Waals surface area contributed by atoms with E-state index in [1.165, 1.54) is 0 Å². The van der Waals surface area contributed by atoms with E-state index >= 15 is 0 Å². The van der Waals surface area contributed by atoms with E-state index in [0.29, 0.717) is 0 Å². The first-order valence-corrected chi connectivity index (χ1v) is 11.1. The predicted molar refractivity (Wildman–Crippen MR) is 104 cm³/mol. The van der Waals surface area contributed by atoms with Gasteiger partial charge in [-0.05, 0) is 12.1 Å². The zero-order valence-electron chi connectivity index (χ0n) is 21.1. The highest BCUT2D eigenvalue weighted by molar-refractivity contribution is 5.29. The molecule has 0 radical (unpaired) electrons. The van der Waals surface area contributed by atoms with Crippen molar-refractivity contribution in [2.45, 2.75) is 54.5 Å². The summed E-state index contributed by atoms with van der Waals surface area (Å²) in [6.45, 7) is -14.0. The Morgan fingerprint density at radius 1 is 0.591 bits per heavy atom. The number of halogens is 18. The molecule has 1 saturated heterocycles. The van der Waals surface area contributed by atoms with E-state index in [0.717, 1.165) is 31.4 Å². The number of ether oxygens (including phenoxy) is 5. The summed E-state index contributed by atoms with van der Waals surface area (Å²) in [6.07, 6.45) is -46.0. The summed E-state index contributed by atoms with van der Waals surface area (Å²) in [6, 6.07) is 3.68. The van der Waals surface area contributed by atoms with Gasteiger partial charge in [-0.3, -0.25) is 0 Å². The highest BCUT2D eigenvalue weighted by Crippen LogP contribution is 2.68. The lowest BCUT2D eigenvalue weighted by Gasteiger charge is -2.60. The molecular weight excluding hydrogens is 674 g/mol. The maximum absolute atomic E-state index is 14.4. The number of hydrogen-bond donors (Lipinski definition) is 0. The Hall–Kier alpha value is -2.40. The van der Waals surface area contributed by atoms with E-state index in [9.17, 15) is 79.0 Å². The molecule has 0 amide bonds. The molecule has 0 aromatic heterocycles. The van der Waals surface area contributed by atoms with Gasteiger partial charge in [0.2, 0.25) is 0 Å². The van der Waals surface area contributed by atoms with Crippen molar-refractivity contribution in [3.8, 4) is 5.75 Å². The van der Waals surface area contributed by atoms with Crippen LogP contribution in [0.2, 0.25) is 0 Å². The molecule has 44 heavy (non-hydrogen) atoms. The molecule has 1 aromatic carbocycles. The smallest absolute Gasteiger partial charge is 0.427 e. The molecule has 1 heterocycles.